The van der Waals surface area contributed by atoms with E-state index in [9.17, 15) is 9.90 Å². The number of anilines is 1. The lowest BCUT2D eigenvalue weighted by molar-refractivity contribution is 0.115. The van der Waals surface area contributed by atoms with Gasteiger partial charge in [-0.1, -0.05) is 11.6 Å². The van der Waals surface area contributed by atoms with E-state index in [0.29, 0.717) is 17.3 Å². The van der Waals surface area contributed by atoms with Crippen LogP contribution >= 0.6 is 11.6 Å². The Labute approximate surface area is 112 Å². The van der Waals surface area contributed by atoms with E-state index in [2.05, 4.69) is 5.32 Å². The molecule has 0 aromatic heterocycles. The highest BCUT2D eigenvalue weighted by atomic mass is 35.5. The molecule has 1 heterocycles. The van der Waals surface area contributed by atoms with Crippen LogP contribution in [0.2, 0.25) is 5.02 Å². The van der Waals surface area contributed by atoms with Crippen LogP contribution in [0.5, 0.6) is 0 Å². The number of carbonyl (C=O) groups excluding carboxylic acids is 1. The first-order chi connectivity index (χ1) is 8.70. The number of aliphatic hydroxyl groups is 1. The molecule has 0 unspecified atom stereocenters. The van der Waals surface area contributed by atoms with Crippen molar-refractivity contribution in [1.82, 2.24) is 4.90 Å². The van der Waals surface area contributed by atoms with Gasteiger partial charge in [-0.15, -0.1) is 0 Å². The summed E-state index contributed by atoms with van der Waals surface area (Å²) in [5, 5.41) is 12.7. The van der Waals surface area contributed by atoms with Crippen LogP contribution < -0.4 is 5.32 Å². The number of benzene rings is 1. The van der Waals surface area contributed by atoms with Crippen molar-refractivity contribution in [2.24, 2.45) is 0 Å². The molecule has 1 aliphatic heterocycles. The lowest BCUT2D eigenvalue weighted by Gasteiger charge is -2.34. The second-order valence-electron chi connectivity index (χ2n) is 4.46. The first-order valence-corrected chi connectivity index (χ1v) is 6.52. The molecule has 0 aliphatic carbocycles. The van der Waals surface area contributed by atoms with Gasteiger partial charge in [0.2, 0.25) is 0 Å². The molecule has 2 amide bonds. The van der Waals surface area contributed by atoms with Gasteiger partial charge in [0.05, 0.1) is 12.6 Å². The Kier molecular flexibility index (Phi) is 4.44. The highest BCUT2D eigenvalue weighted by Crippen LogP contribution is 2.19. The number of nitrogens with zero attached hydrogens (tertiary/aromatic N) is 1. The molecule has 0 spiro atoms. The predicted molar refractivity (Wildman–Crippen MR) is 71.9 cm³/mol. The maximum Gasteiger partial charge on any atom is 0.322 e. The SMILES string of the molecule is O=C(Nc1ccc(Cl)cc1)N1CCCC[C@@H]1CO. The summed E-state index contributed by atoms with van der Waals surface area (Å²) in [6.45, 7) is 0.721. The number of piperidine rings is 1. The maximum absolute atomic E-state index is 12.1. The van der Waals surface area contributed by atoms with Gasteiger partial charge in [0.1, 0.15) is 0 Å². The van der Waals surface area contributed by atoms with Gasteiger partial charge in [0.25, 0.3) is 0 Å². The number of hydrogen-bond donors (Lipinski definition) is 2. The van der Waals surface area contributed by atoms with E-state index in [1.165, 1.54) is 0 Å². The van der Waals surface area contributed by atoms with E-state index in [-0.39, 0.29) is 18.7 Å². The van der Waals surface area contributed by atoms with Crippen LogP contribution in [0, 0.1) is 0 Å². The third kappa shape index (κ3) is 3.15. The highest BCUT2D eigenvalue weighted by Gasteiger charge is 2.25. The summed E-state index contributed by atoms with van der Waals surface area (Å²) in [4.78, 5) is 13.8. The van der Waals surface area contributed by atoms with E-state index < -0.39 is 0 Å². The number of halogens is 1. The zero-order chi connectivity index (χ0) is 13.0. The molecule has 1 atom stereocenters. The molecule has 0 saturated carbocycles. The van der Waals surface area contributed by atoms with Crippen molar-refractivity contribution < 1.29 is 9.90 Å². The number of rotatable bonds is 2. The Morgan fingerprint density at radius 1 is 1.39 bits per heavy atom. The van der Waals surface area contributed by atoms with Crippen molar-refractivity contribution in [3.05, 3.63) is 29.3 Å². The number of aliphatic hydroxyl groups excluding tert-OH is 1. The van der Waals surface area contributed by atoms with Gasteiger partial charge in [0, 0.05) is 17.3 Å². The zero-order valence-electron chi connectivity index (χ0n) is 10.1. The van der Waals surface area contributed by atoms with Gasteiger partial charge < -0.3 is 15.3 Å². The molecule has 1 aromatic rings. The summed E-state index contributed by atoms with van der Waals surface area (Å²) in [5.74, 6) is 0. The van der Waals surface area contributed by atoms with E-state index in [1.54, 1.807) is 29.2 Å². The topological polar surface area (TPSA) is 52.6 Å². The molecule has 0 bridgehead atoms. The van der Waals surface area contributed by atoms with Gasteiger partial charge >= 0.3 is 6.03 Å². The summed E-state index contributed by atoms with van der Waals surface area (Å²) in [5.41, 5.74) is 0.715. The Morgan fingerprint density at radius 3 is 2.78 bits per heavy atom. The van der Waals surface area contributed by atoms with Gasteiger partial charge in [-0.2, -0.15) is 0 Å². The molecule has 4 nitrogen and oxygen atoms in total. The van der Waals surface area contributed by atoms with E-state index in [0.717, 1.165) is 19.3 Å². The van der Waals surface area contributed by atoms with Crippen molar-refractivity contribution in [2.45, 2.75) is 25.3 Å². The van der Waals surface area contributed by atoms with Crippen LogP contribution in [0.25, 0.3) is 0 Å². The lowest BCUT2D eigenvalue weighted by Crippen LogP contribution is -2.47. The Morgan fingerprint density at radius 2 is 2.11 bits per heavy atom. The Balaban J connectivity index is 2.00. The van der Waals surface area contributed by atoms with E-state index >= 15 is 0 Å². The summed E-state index contributed by atoms with van der Waals surface area (Å²) in [6, 6.07) is 6.77. The molecule has 98 valence electrons. The molecule has 2 N–H and O–H groups in total. The van der Waals surface area contributed by atoms with Crippen LogP contribution in [-0.2, 0) is 0 Å². The van der Waals surface area contributed by atoms with Gasteiger partial charge in [0.15, 0.2) is 0 Å². The first kappa shape index (κ1) is 13.2. The number of nitrogens with one attached hydrogen (secondary N) is 1. The zero-order valence-corrected chi connectivity index (χ0v) is 10.9. The molecular weight excluding hydrogens is 252 g/mol. The van der Waals surface area contributed by atoms with Crippen molar-refractivity contribution in [2.75, 3.05) is 18.5 Å². The molecule has 5 heteroatoms. The van der Waals surface area contributed by atoms with Crippen LogP contribution in [-0.4, -0.2) is 35.2 Å². The largest absolute Gasteiger partial charge is 0.394 e. The Hall–Kier alpha value is -1.26. The van der Waals surface area contributed by atoms with Crippen LogP contribution in [0.15, 0.2) is 24.3 Å². The minimum Gasteiger partial charge on any atom is -0.394 e. The summed E-state index contributed by atoms with van der Waals surface area (Å²) < 4.78 is 0. The fraction of sp³-hybridized carbons (Fsp3) is 0.462. The average Bonchev–Trinajstić information content (AvgIpc) is 2.41. The van der Waals surface area contributed by atoms with Gasteiger partial charge in [-0.05, 0) is 43.5 Å². The van der Waals surface area contributed by atoms with Crippen molar-refractivity contribution >= 4 is 23.3 Å². The van der Waals surface area contributed by atoms with E-state index in [1.807, 2.05) is 0 Å². The number of urea groups is 1. The normalized spacial score (nSPS) is 19.7. The third-order valence-electron chi connectivity index (χ3n) is 3.19. The van der Waals surface area contributed by atoms with Crippen molar-refractivity contribution in [1.29, 1.82) is 0 Å². The monoisotopic (exact) mass is 268 g/mol. The highest BCUT2D eigenvalue weighted by molar-refractivity contribution is 6.30. The van der Waals surface area contributed by atoms with Crippen molar-refractivity contribution in [3.63, 3.8) is 0 Å². The second-order valence-corrected chi connectivity index (χ2v) is 4.90. The quantitative estimate of drug-likeness (QED) is 0.867. The molecule has 1 fully saturated rings. The molecule has 0 radical (unpaired) electrons. The fourth-order valence-corrected chi connectivity index (χ4v) is 2.31. The summed E-state index contributed by atoms with van der Waals surface area (Å²) >= 11 is 5.79. The maximum atomic E-state index is 12.1. The first-order valence-electron chi connectivity index (χ1n) is 6.15. The van der Waals surface area contributed by atoms with Crippen LogP contribution in [0.3, 0.4) is 0 Å². The number of amides is 2. The molecule has 2 rings (SSSR count). The standard InChI is InChI=1S/C13H17ClN2O2/c14-10-4-6-11(7-5-10)15-13(18)16-8-2-1-3-12(16)9-17/h4-7,12,17H,1-3,8-9H2,(H,15,18)/t12-/m1/s1. The van der Waals surface area contributed by atoms with E-state index in [4.69, 9.17) is 11.6 Å². The second kappa shape index (κ2) is 6.07. The van der Waals surface area contributed by atoms with Gasteiger partial charge in [-0.25, -0.2) is 4.79 Å². The molecule has 1 saturated heterocycles. The Bertz CT molecular complexity index is 408. The van der Waals surface area contributed by atoms with Gasteiger partial charge in [-0.3, -0.25) is 0 Å². The minimum atomic E-state index is -0.156. The summed E-state index contributed by atoms with van der Waals surface area (Å²) in [7, 11) is 0. The van der Waals surface area contributed by atoms with Crippen molar-refractivity contribution in [3.8, 4) is 0 Å². The molecule has 1 aliphatic rings. The predicted octanol–water partition coefficient (Wildman–Crippen LogP) is 2.72. The summed E-state index contributed by atoms with van der Waals surface area (Å²) in [6.07, 6.45) is 2.92. The van der Waals surface area contributed by atoms with Crippen LogP contribution in [0.1, 0.15) is 19.3 Å². The minimum absolute atomic E-state index is 0.0219. The lowest BCUT2D eigenvalue weighted by atomic mass is 10.0. The van der Waals surface area contributed by atoms with Crippen LogP contribution in [0.4, 0.5) is 10.5 Å². The molecule has 18 heavy (non-hydrogen) atoms. The number of likely N-dealkylation sites (tertiary alicyclic amines) is 1. The number of carbonyl (C=O) groups is 1. The molecule has 1 aromatic carbocycles. The fourth-order valence-electron chi connectivity index (χ4n) is 2.19. The smallest absolute Gasteiger partial charge is 0.322 e. The number of hydrogen-bond acceptors (Lipinski definition) is 2. The molecular formula is C13H17ClN2O2. The average molecular weight is 269 g/mol. The third-order valence-corrected chi connectivity index (χ3v) is 3.45.